The molecule has 0 saturated heterocycles. The van der Waals surface area contributed by atoms with Gasteiger partial charge >= 0.3 is 5.97 Å². The molecule has 0 radical (unpaired) electrons. The van der Waals surface area contributed by atoms with Gasteiger partial charge in [0.2, 0.25) is 0 Å². The average Bonchev–Trinajstić information content (AvgIpc) is 2.87. The fourth-order valence-electron chi connectivity index (χ4n) is 2.85. The second-order valence-corrected chi connectivity index (χ2v) is 6.95. The summed E-state index contributed by atoms with van der Waals surface area (Å²) in [4.78, 5) is 11.3. The van der Waals surface area contributed by atoms with Gasteiger partial charge in [0.15, 0.2) is 0 Å². The number of aliphatic carboxylic acids is 1. The van der Waals surface area contributed by atoms with Gasteiger partial charge in [0.05, 0.1) is 23.8 Å². The van der Waals surface area contributed by atoms with Crippen LogP contribution in [0.1, 0.15) is 30.6 Å². The first-order valence-corrected chi connectivity index (χ1v) is 8.42. The van der Waals surface area contributed by atoms with E-state index < -0.39 is 22.0 Å². The summed E-state index contributed by atoms with van der Waals surface area (Å²) in [5.41, 5.74) is 1.76. The number of nitrogens with one attached hydrogen (secondary N) is 1. The van der Waals surface area contributed by atoms with Crippen LogP contribution < -0.4 is 5.32 Å². The molecule has 1 aromatic heterocycles. The lowest BCUT2D eigenvalue weighted by Gasteiger charge is -2.18. The molecular formula is C15H16N2O4S. The van der Waals surface area contributed by atoms with Crippen LogP contribution in [-0.4, -0.2) is 23.5 Å². The molecule has 22 heavy (non-hydrogen) atoms. The van der Waals surface area contributed by atoms with E-state index in [-0.39, 0.29) is 11.3 Å². The Morgan fingerprint density at radius 1 is 1.32 bits per heavy atom. The Bertz CT molecular complexity index is 839. The van der Waals surface area contributed by atoms with Gasteiger partial charge in [-0.1, -0.05) is 19.1 Å². The summed E-state index contributed by atoms with van der Waals surface area (Å²) in [6.07, 6.45) is 1.94. The van der Waals surface area contributed by atoms with E-state index in [0.29, 0.717) is 17.8 Å². The molecule has 2 N–H and O–H groups in total. The van der Waals surface area contributed by atoms with E-state index >= 15 is 0 Å². The number of carboxylic acid groups (broad SMARTS) is 1. The number of hydrogen-bond acceptors (Lipinski definition) is 4. The molecule has 0 fully saturated rings. The first-order valence-electron chi connectivity index (χ1n) is 6.98. The van der Waals surface area contributed by atoms with E-state index in [1.54, 1.807) is 24.3 Å². The van der Waals surface area contributed by atoms with E-state index in [9.17, 15) is 13.2 Å². The number of aromatic nitrogens is 1. The molecule has 0 amide bonds. The molecule has 7 heteroatoms. The molecule has 0 saturated carbocycles. The van der Waals surface area contributed by atoms with Crippen LogP contribution in [0, 0.1) is 0 Å². The maximum Gasteiger partial charge on any atom is 0.305 e. The SMILES string of the molecule is CCc1ccn2c1C(CC(=O)O)Nc1ccccc1S2(=O)=O. The molecule has 1 unspecified atom stereocenters. The highest BCUT2D eigenvalue weighted by Gasteiger charge is 2.33. The Labute approximate surface area is 128 Å². The number of carbonyl (C=O) groups is 1. The zero-order chi connectivity index (χ0) is 15.9. The Morgan fingerprint density at radius 3 is 2.73 bits per heavy atom. The summed E-state index contributed by atoms with van der Waals surface area (Å²) in [5.74, 6) is -0.982. The van der Waals surface area contributed by atoms with Crippen LogP contribution in [0.4, 0.5) is 5.69 Å². The Morgan fingerprint density at radius 2 is 2.05 bits per heavy atom. The predicted molar refractivity (Wildman–Crippen MR) is 81.5 cm³/mol. The fourth-order valence-corrected chi connectivity index (χ4v) is 4.44. The monoisotopic (exact) mass is 320 g/mol. The van der Waals surface area contributed by atoms with Gasteiger partial charge in [-0.25, -0.2) is 12.4 Å². The highest BCUT2D eigenvalue weighted by molar-refractivity contribution is 7.90. The van der Waals surface area contributed by atoms with Crippen LogP contribution in [0.2, 0.25) is 0 Å². The number of rotatable bonds is 3. The van der Waals surface area contributed by atoms with Crippen molar-refractivity contribution in [1.82, 2.24) is 3.97 Å². The quantitative estimate of drug-likeness (QED) is 0.905. The molecule has 1 aliphatic rings. The Kier molecular flexibility index (Phi) is 3.44. The number of fused-ring (bicyclic) bond motifs is 2. The molecule has 0 aliphatic carbocycles. The van der Waals surface area contributed by atoms with Gasteiger partial charge in [-0.3, -0.25) is 4.79 Å². The third-order valence-corrected chi connectivity index (χ3v) is 5.57. The number of anilines is 1. The van der Waals surface area contributed by atoms with Crippen LogP contribution >= 0.6 is 0 Å². The second-order valence-electron chi connectivity index (χ2n) is 5.17. The number of nitrogens with zero attached hydrogens (tertiary/aromatic N) is 1. The standard InChI is InChI=1S/C15H16N2O4S/c1-2-10-7-8-17-15(10)12(9-14(18)19)16-11-5-3-4-6-13(11)22(17,20)21/h3-8,12,16H,2,9H2,1H3,(H,18,19). The minimum Gasteiger partial charge on any atom is -0.481 e. The molecule has 116 valence electrons. The second kappa shape index (κ2) is 5.17. The lowest BCUT2D eigenvalue weighted by molar-refractivity contribution is -0.137. The van der Waals surface area contributed by atoms with Gasteiger partial charge in [0, 0.05) is 6.20 Å². The first-order chi connectivity index (χ1) is 10.4. The summed E-state index contributed by atoms with van der Waals surface area (Å²) in [5, 5.41) is 12.2. The van der Waals surface area contributed by atoms with Crippen molar-refractivity contribution < 1.29 is 18.3 Å². The lowest BCUT2D eigenvalue weighted by Crippen LogP contribution is -2.19. The number of carboxylic acids is 1. The fraction of sp³-hybridized carbons (Fsp3) is 0.267. The van der Waals surface area contributed by atoms with Gasteiger partial charge in [-0.2, -0.15) is 0 Å². The van der Waals surface area contributed by atoms with Crippen molar-refractivity contribution in [1.29, 1.82) is 0 Å². The van der Waals surface area contributed by atoms with E-state index in [0.717, 1.165) is 5.56 Å². The predicted octanol–water partition coefficient (Wildman–Crippen LogP) is 2.23. The molecule has 1 aliphatic heterocycles. The Hall–Kier alpha value is -2.28. The number of aryl methyl sites for hydroxylation is 1. The average molecular weight is 320 g/mol. The maximum atomic E-state index is 12.9. The molecule has 2 heterocycles. The first kappa shape index (κ1) is 14.6. The molecule has 0 spiro atoms. The topological polar surface area (TPSA) is 88.4 Å². The number of hydrogen-bond donors (Lipinski definition) is 2. The van der Waals surface area contributed by atoms with Gasteiger partial charge in [-0.05, 0) is 30.2 Å². The maximum absolute atomic E-state index is 12.9. The molecule has 2 aromatic rings. The van der Waals surface area contributed by atoms with Gasteiger partial charge in [-0.15, -0.1) is 0 Å². The third kappa shape index (κ3) is 2.18. The van der Waals surface area contributed by atoms with Crippen molar-refractivity contribution in [3.8, 4) is 0 Å². The summed E-state index contributed by atoms with van der Waals surface area (Å²) < 4.78 is 26.9. The molecule has 1 atom stereocenters. The van der Waals surface area contributed by atoms with Crippen molar-refractivity contribution in [3.05, 3.63) is 47.8 Å². The largest absolute Gasteiger partial charge is 0.481 e. The van der Waals surface area contributed by atoms with E-state index in [4.69, 9.17) is 5.11 Å². The third-order valence-electron chi connectivity index (χ3n) is 3.82. The van der Waals surface area contributed by atoms with Crippen molar-refractivity contribution in [2.45, 2.75) is 30.7 Å². The lowest BCUT2D eigenvalue weighted by atomic mass is 10.0. The summed E-state index contributed by atoms with van der Waals surface area (Å²) in [6, 6.07) is 7.69. The van der Waals surface area contributed by atoms with Gasteiger partial charge in [0.25, 0.3) is 10.0 Å². The van der Waals surface area contributed by atoms with Crippen molar-refractivity contribution >= 4 is 21.7 Å². The van der Waals surface area contributed by atoms with Gasteiger partial charge < -0.3 is 10.4 Å². The highest BCUT2D eigenvalue weighted by atomic mass is 32.2. The molecule has 1 aromatic carbocycles. The van der Waals surface area contributed by atoms with Crippen LogP contribution in [0.25, 0.3) is 0 Å². The molecule has 0 bridgehead atoms. The molecule has 3 rings (SSSR count). The summed E-state index contributed by atoms with van der Waals surface area (Å²) in [6.45, 7) is 1.92. The van der Waals surface area contributed by atoms with Crippen LogP contribution in [-0.2, 0) is 21.2 Å². The minimum atomic E-state index is -3.73. The normalized spacial score (nSPS) is 18.7. The van der Waals surface area contributed by atoms with Crippen molar-refractivity contribution in [3.63, 3.8) is 0 Å². The Balaban J connectivity index is 2.29. The molecule has 6 nitrogen and oxygen atoms in total. The minimum absolute atomic E-state index is 0.155. The molecular weight excluding hydrogens is 304 g/mol. The summed E-state index contributed by atoms with van der Waals surface area (Å²) >= 11 is 0. The van der Waals surface area contributed by atoms with Crippen LogP contribution in [0.3, 0.4) is 0 Å². The number of para-hydroxylation sites is 1. The van der Waals surface area contributed by atoms with Crippen LogP contribution in [0.5, 0.6) is 0 Å². The number of benzene rings is 1. The van der Waals surface area contributed by atoms with E-state index in [2.05, 4.69) is 5.32 Å². The summed E-state index contributed by atoms with van der Waals surface area (Å²) in [7, 11) is -3.73. The zero-order valence-electron chi connectivity index (χ0n) is 12.0. The zero-order valence-corrected chi connectivity index (χ0v) is 12.8. The van der Waals surface area contributed by atoms with E-state index in [1.807, 2.05) is 6.92 Å². The van der Waals surface area contributed by atoms with Crippen molar-refractivity contribution in [2.75, 3.05) is 5.32 Å². The van der Waals surface area contributed by atoms with Gasteiger partial charge in [0.1, 0.15) is 4.90 Å². The van der Waals surface area contributed by atoms with E-state index in [1.165, 1.54) is 16.2 Å². The smallest absolute Gasteiger partial charge is 0.305 e. The van der Waals surface area contributed by atoms with Crippen molar-refractivity contribution in [2.24, 2.45) is 0 Å². The van der Waals surface area contributed by atoms with Crippen LogP contribution in [0.15, 0.2) is 41.4 Å². The highest BCUT2D eigenvalue weighted by Crippen LogP contribution is 2.36.